The number of halogens is 2. The number of hydrogen-bond donors (Lipinski definition) is 3. The Labute approximate surface area is 205 Å². The Kier molecular flexibility index (Phi) is 9.31. The molecule has 0 bridgehead atoms. The van der Waals surface area contributed by atoms with E-state index in [9.17, 15) is 4.39 Å². The molecule has 2 aromatic carbocycles. The molecular formula is C24H31FIN5O. The van der Waals surface area contributed by atoms with Gasteiger partial charge in [0.2, 0.25) is 0 Å². The summed E-state index contributed by atoms with van der Waals surface area (Å²) in [5.74, 6) is 0.548. The van der Waals surface area contributed by atoms with Gasteiger partial charge in [0.25, 0.3) is 0 Å². The summed E-state index contributed by atoms with van der Waals surface area (Å²) in [4.78, 5) is 10.6. The SMILES string of the molecule is CCNC(=NCc1cc2ccccc2[nH]1)NCC(c1ccc(F)cc1)N1CCOCC1.I. The number of aromatic nitrogens is 1. The third-order valence-electron chi connectivity index (χ3n) is 5.54. The molecule has 3 N–H and O–H groups in total. The van der Waals surface area contributed by atoms with Gasteiger partial charge in [-0.3, -0.25) is 4.90 Å². The molecule has 8 heteroatoms. The number of aromatic amines is 1. The number of nitrogens with zero attached hydrogens (tertiary/aromatic N) is 2. The topological polar surface area (TPSA) is 64.7 Å². The lowest BCUT2D eigenvalue weighted by atomic mass is 10.0. The van der Waals surface area contributed by atoms with Gasteiger partial charge in [0.1, 0.15) is 5.82 Å². The van der Waals surface area contributed by atoms with Crippen molar-refractivity contribution in [1.82, 2.24) is 20.5 Å². The van der Waals surface area contributed by atoms with E-state index in [0.29, 0.717) is 26.3 Å². The van der Waals surface area contributed by atoms with Crippen LogP contribution < -0.4 is 10.6 Å². The summed E-state index contributed by atoms with van der Waals surface area (Å²) in [6, 6.07) is 17.3. The first-order valence-electron chi connectivity index (χ1n) is 10.9. The van der Waals surface area contributed by atoms with Crippen molar-refractivity contribution in [2.75, 3.05) is 39.4 Å². The molecule has 32 heavy (non-hydrogen) atoms. The molecule has 2 heterocycles. The molecular weight excluding hydrogens is 520 g/mol. The first kappa shape index (κ1) is 24.5. The van der Waals surface area contributed by atoms with Crippen LogP contribution in [0.15, 0.2) is 59.6 Å². The first-order chi connectivity index (χ1) is 15.2. The molecule has 172 valence electrons. The molecule has 1 aromatic heterocycles. The number of benzene rings is 2. The minimum atomic E-state index is -0.217. The third kappa shape index (κ3) is 6.43. The quantitative estimate of drug-likeness (QED) is 0.236. The van der Waals surface area contributed by atoms with Crippen molar-refractivity contribution in [3.8, 4) is 0 Å². The van der Waals surface area contributed by atoms with E-state index in [-0.39, 0.29) is 35.8 Å². The zero-order valence-electron chi connectivity index (χ0n) is 18.3. The fourth-order valence-corrected chi connectivity index (χ4v) is 3.95. The van der Waals surface area contributed by atoms with Crippen LogP contribution in [-0.4, -0.2) is 55.2 Å². The Morgan fingerprint density at radius 2 is 1.88 bits per heavy atom. The van der Waals surface area contributed by atoms with E-state index in [1.807, 2.05) is 24.3 Å². The Morgan fingerprint density at radius 3 is 2.59 bits per heavy atom. The lowest BCUT2D eigenvalue weighted by molar-refractivity contribution is 0.0170. The van der Waals surface area contributed by atoms with E-state index in [1.54, 1.807) is 0 Å². The molecule has 0 radical (unpaired) electrons. The van der Waals surface area contributed by atoms with Crippen molar-refractivity contribution in [3.63, 3.8) is 0 Å². The van der Waals surface area contributed by atoms with Crippen molar-refractivity contribution in [1.29, 1.82) is 0 Å². The van der Waals surface area contributed by atoms with Crippen LogP contribution in [-0.2, 0) is 11.3 Å². The molecule has 3 aromatic rings. The van der Waals surface area contributed by atoms with E-state index in [1.165, 1.54) is 17.5 Å². The lowest BCUT2D eigenvalue weighted by Gasteiger charge is -2.35. The second-order valence-corrected chi connectivity index (χ2v) is 7.67. The Morgan fingerprint density at radius 1 is 1.12 bits per heavy atom. The number of guanidine groups is 1. The number of nitrogens with one attached hydrogen (secondary N) is 3. The Hall–Kier alpha value is -2.17. The molecule has 1 unspecified atom stereocenters. The Bertz CT molecular complexity index is 968. The van der Waals surface area contributed by atoms with Crippen LogP contribution in [0.2, 0.25) is 0 Å². The van der Waals surface area contributed by atoms with Gasteiger partial charge in [-0.1, -0.05) is 30.3 Å². The summed E-state index contributed by atoms with van der Waals surface area (Å²) in [7, 11) is 0. The zero-order valence-corrected chi connectivity index (χ0v) is 20.6. The average Bonchev–Trinajstić information content (AvgIpc) is 3.22. The highest BCUT2D eigenvalue weighted by Crippen LogP contribution is 2.22. The summed E-state index contributed by atoms with van der Waals surface area (Å²) in [5, 5.41) is 8.00. The number of fused-ring (bicyclic) bond motifs is 1. The molecule has 1 atom stereocenters. The number of rotatable bonds is 7. The van der Waals surface area contributed by atoms with Gasteiger partial charge in [0.15, 0.2) is 5.96 Å². The molecule has 1 aliphatic rings. The summed E-state index contributed by atoms with van der Waals surface area (Å²) in [6.45, 7) is 7.20. The summed E-state index contributed by atoms with van der Waals surface area (Å²) < 4.78 is 19.0. The molecule has 1 fully saturated rings. The molecule has 0 spiro atoms. The zero-order chi connectivity index (χ0) is 21.5. The van der Waals surface area contributed by atoms with E-state index in [2.05, 4.69) is 45.6 Å². The van der Waals surface area contributed by atoms with Gasteiger partial charge in [0, 0.05) is 37.4 Å². The number of H-pyrrole nitrogens is 1. The predicted octanol–water partition coefficient (Wildman–Crippen LogP) is 4.05. The van der Waals surface area contributed by atoms with Crippen molar-refractivity contribution >= 4 is 40.8 Å². The van der Waals surface area contributed by atoms with Crippen LogP contribution in [0.5, 0.6) is 0 Å². The highest BCUT2D eigenvalue weighted by atomic mass is 127. The van der Waals surface area contributed by atoms with Gasteiger partial charge in [-0.2, -0.15) is 0 Å². The maximum absolute atomic E-state index is 13.5. The standard InChI is InChI=1S/C24H30FN5O.HI/c1-2-26-24(27-16-21-15-19-5-3-4-6-22(19)29-21)28-17-23(30-11-13-31-14-12-30)18-7-9-20(25)10-8-18;/h3-10,15,23,29H,2,11-14,16-17H2,1H3,(H2,26,27,28);1H. The van der Waals surface area contributed by atoms with Crippen molar-refractivity contribution in [2.45, 2.75) is 19.5 Å². The van der Waals surface area contributed by atoms with Crippen molar-refractivity contribution in [2.24, 2.45) is 4.99 Å². The smallest absolute Gasteiger partial charge is 0.191 e. The summed E-state index contributed by atoms with van der Waals surface area (Å²) >= 11 is 0. The van der Waals surface area contributed by atoms with Gasteiger partial charge in [-0.25, -0.2) is 9.38 Å². The molecule has 1 aliphatic heterocycles. The van der Waals surface area contributed by atoms with Crippen molar-refractivity contribution < 1.29 is 9.13 Å². The summed E-state index contributed by atoms with van der Waals surface area (Å²) in [6.07, 6.45) is 0. The van der Waals surface area contributed by atoms with Crippen LogP contribution >= 0.6 is 24.0 Å². The van der Waals surface area contributed by atoms with Gasteiger partial charge < -0.3 is 20.4 Å². The molecule has 6 nitrogen and oxygen atoms in total. The maximum atomic E-state index is 13.5. The molecule has 0 saturated carbocycles. The second kappa shape index (κ2) is 12.2. The maximum Gasteiger partial charge on any atom is 0.191 e. The average molecular weight is 551 g/mol. The van der Waals surface area contributed by atoms with Gasteiger partial charge in [-0.05, 0) is 42.1 Å². The number of para-hydroxylation sites is 1. The molecule has 4 rings (SSSR count). The Balaban J connectivity index is 0.00000289. The van der Waals surface area contributed by atoms with Crippen LogP contribution in [0.1, 0.15) is 24.2 Å². The number of ether oxygens (including phenoxy) is 1. The van der Waals surface area contributed by atoms with Gasteiger partial charge in [0.05, 0.1) is 25.8 Å². The fourth-order valence-electron chi connectivity index (χ4n) is 3.95. The number of aliphatic imine (C=N–C) groups is 1. The third-order valence-corrected chi connectivity index (χ3v) is 5.54. The number of morpholine rings is 1. The van der Waals surface area contributed by atoms with E-state index in [4.69, 9.17) is 9.73 Å². The summed E-state index contributed by atoms with van der Waals surface area (Å²) in [5.41, 5.74) is 3.28. The minimum absolute atomic E-state index is 0. The van der Waals surface area contributed by atoms with Gasteiger partial charge >= 0.3 is 0 Å². The second-order valence-electron chi connectivity index (χ2n) is 7.67. The first-order valence-corrected chi connectivity index (χ1v) is 10.9. The highest BCUT2D eigenvalue weighted by Gasteiger charge is 2.23. The molecule has 0 amide bonds. The van der Waals surface area contributed by atoms with Crippen LogP contribution in [0.4, 0.5) is 4.39 Å². The fraction of sp³-hybridized carbons (Fsp3) is 0.375. The highest BCUT2D eigenvalue weighted by molar-refractivity contribution is 14.0. The normalized spacial score (nSPS) is 15.9. The molecule has 0 aliphatic carbocycles. The largest absolute Gasteiger partial charge is 0.379 e. The van der Waals surface area contributed by atoms with E-state index >= 15 is 0 Å². The molecule has 1 saturated heterocycles. The van der Waals surface area contributed by atoms with Gasteiger partial charge in [-0.15, -0.1) is 24.0 Å². The number of hydrogen-bond acceptors (Lipinski definition) is 3. The predicted molar refractivity (Wildman–Crippen MR) is 138 cm³/mol. The van der Waals surface area contributed by atoms with Crippen molar-refractivity contribution in [3.05, 3.63) is 71.7 Å². The lowest BCUT2D eigenvalue weighted by Crippen LogP contribution is -2.46. The van der Waals surface area contributed by atoms with E-state index in [0.717, 1.165) is 42.4 Å². The van der Waals surface area contributed by atoms with Crippen LogP contribution in [0.3, 0.4) is 0 Å². The van der Waals surface area contributed by atoms with E-state index < -0.39 is 0 Å². The van der Waals surface area contributed by atoms with Crippen LogP contribution in [0, 0.1) is 5.82 Å². The minimum Gasteiger partial charge on any atom is -0.379 e. The van der Waals surface area contributed by atoms with Crippen LogP contribution in [0.25, 0.3) is 10.9 Å². The monoisotopic (exact) mass is 551 g/mol.